The molecule has 0 spiro atoms. The van der Waals surface area contributed by atoms with Gasteiger partial charge in [-0.05, 0) is 63.7 Å². The summed E-state index contributed by atoms with van der Waals surface area (Å²) in [4.78, 5) is 22.1. The van der Waals surface area contributed by atoms with E-state index < -0.39 is 0 Å². The predicted octanol–water partition coefficient (Wildman–Crippen LogP) is 2.80. The molecule has 30 heavy (non-hydrogen) atoms. The van der Waals surface area contributed by atoms with Crippen molar-refractivity contribution in [2.75, 3.05) is 44.3 Å². The van der Waals surface area contributed by atoms with Gasteiger partial charge in [0.1, 0.15) is 5.52 Å². The van der Waals surface area contributed by atoms with Crippen LogP contribution in [0.5, 0.6) is 0 Å². The molecule has 0 radical (unpaired) electrons. The fraction of sp³-hybridized carbons (Fsp3) is 0.652. The molecule has 1 N–H and O–H groups in total. The first-order valence-electron chi connectivity index (χ1n) is 11.5. The molecule has 0 aliphatic carbocycles. The second-order valence-corrected chi connectivity index (χ2v) is 8.89. The third-order valence-electron chi connectivity index (χ3n) is 7.00. The lowest BCUT2D eigenvalue weighted by Crippen LogP contribution is -2.50. The van der Waals surface area contributed by atoms with Gasteiger partial charge in [-0.25, -0.2) is 0 Å². The molecule has 3 fully saturated rings. The van der Waals surface area contributed by atoms with Crippen molar-refractivity contribution in [3.05, 3.63) is 24.3 Å². The summed E-state index contributed by atoms with van der Waals surface area (Å²) in [6.07, 6.45) is 6.09. The standard InChI is InChI=1S/C23H32N4O3/c28-22(24-18-9-15-29-16-10-18)17-5-11-26(12-6-17)19-7-13-27(14-8-19)23-25-20-3-1-2-4-21(20)30-23/h1-4,17-19H,5-16H2,(H,24,28). The van der Waals surface area contributed by atoms with Gasteiger partial charge in [-0.15, -0.1) is 0 Å². The lowest BCUT2D eigenvalue weighted by molar-refractivity contribution is -0.128. The number of fused-ring (bicyclic) bond motifs is 1. The Morgan fingerprint density at radius 1 is 0.967 bits per heavy atom. The first-order valence-corrected chi connectivity index (χ1v) is 11.5. The molecule has 7 heteroatoms. The summed E-state index contributed by atoms with van der Waals surface area (Å²) in [6.45, 7) is 5.54. The maximum absolute atomic E-state index is 12.6. The lowest BCUT2D eigenvalue weighted by Gasteiger charge is -2.41. The van der Waals surface area contributed by atoms with Crippen LogP contribution in [-0.4, -0.2) is 67.3 Å². The van der Waals surface area contributed by atoms with Crippen molar-refractivity contribution in [3.63, 3.8) is 0 Å². The fourth-order valence-corrected chi connectivity index (χ4v) is 5.11. The summed E-state index contributed by atoms with van der Waals surface area (Å²) >= 11 is 0. The van der Waals surface area contributed by atoms with E-state index in [1.165, 1.54) is 0 Å². The van der Waals surface area contributed by atoms with E-state index in [2.05, 4.69) is 20.1 Å². The number of nitrogens with zero attached hydrogens (tertiary/aromatic N) is 3. The number of amides is 1. The molecule has 4 heterocycles. The van der Waals surface area contributed by atoms with Crippen molar-refractivity contribution in [3.8, 4) is 0 Å². The van der Waals surface area contributed by atoms with Gasteiger partial charge in [0.15, 0.2) is 5.58 Å². The van der Waals surface area contributed by atoms with Crippen molar-refractivity contribution >= 4 is 23.0 Å². The monoisotopic (exact) mass is 412 g/mol. The molecule has 0 atom stereocenters. The molecule has 0 bridgehead atoms. The number of ether oxygens (including phenoxy) is 1. The minimum atomic E-state index is 0.170. The van der Waals surface area contributed by atoms with Crippen LogP contribution >= 0.6 is 0 Å². The molecule has 3 aliphatic rings. The van der Waals surface area contributed by atoms with Crippen LogP contribution in [-0.2, 0) is 9.53 Å². The van der Waals surface area contributed by atoms with E-state index in [4.69, 9.17) is 9.15 Å². The Morgan fingerprint density at radius 2 is 1.70 bits per heavy atom. The van der Waals surface area contributed by atoms with Crippen molar-refractivity contribution in [2.24, 2.45) is 5.92 Å². The number of para-hydroxylation sites is 2. The van der Waals surface area contributed by atoms with Crippen molar-refractivity contribution in [2.45, 2.75) is 50.6 Å². The van der Waals surface area contributed by atoms with E-state index in [1.807, 2.05) is 24.3 Å². The Kier molecular flexibility index (Phi) is 5.91. The number of benzene rings is 1. The summed E-state index contributed by atoms with van der Waals surface area (Å²) in [7, 11) is 0. The second-order valence-electron chi connectivity index (χ2n) is 8.89. The van der Waals surface area contributed by atoms with E-state index in [-0.39, 0.29) is 11.8 Å². The zero-order valence-corrected chi connectivity index (χ0v) is 17.6. The largest absolute Gasteiger partial charge is 0.423 e. The predicted molar refractivity (Wildman–Crippen MR) is 116 cm³/mol. The average molecular weight is 413 g/mol. The highest BCUT2D eigenvalue weighted by atomic mass is 16.5. The number of hydrogen-bond acceptors (Lipinski definition) is 6. The molecule has 5 rings (SSSR count). The topological polar surface area (TPSA) is 70.8 Å². The van der Waals surface area contributed by atoms with Crippen LogP contribution < -0.4 is 10.2 Å². The van der Waals surface area contributed by atoms with Gasteiger partial charge >= 0.3 is 0 Å². The highest BCUT2D eigenvalue weighted by molar-refractivity contribution is 5.79. The van der Waals surface area contributed by atoms with Crippen LogP contribution in [0.15, 0.2) is 28.7 Å². The molecule has 3 aliphatic heterocycles. The molecule has 162 valence electrons. The van der Waals surface area contributed by atoms with Gasteiger partial charge < -0.3 is 24.3 Å². The fourth-order valence-electron chi connectivity index (χ4n) is 5.11. The molecule has 1 aromatic heterocycles. The number of rotatable bonds is 4. The molecular formula is C23H32N4O3. The Balaban J connectivity index is 1.08. The number of likely N-dealkylation sites (tertiary alicyclic amines) is 1. The summed E-state index contributed by atoms with van der Waals surface area (Å²) < 4.78 is 11.3. The van der Waals surface area contributed by atoms with Gasteiger partial charge in [0, 0.05) is 44.3 Å². The summed E-state index contributed by atoms with van der Waals surface area (Å²) in [6, 6.07) is 9.60. The number of oxazole rings is 1. The first-order chi connectivity index (χ1) is 14.8. The van der Waals surface area contributed by atoms with Gasteiger partial charge in [-0.2, -0.15) is 4.98 Å². The molecule has 0 unspecified atom stereocenters. The molecule has 2 aromatic rings. The van der Waals surface area contributed by atoms with Gasteiger partial charge in [-0.1, -0.05) is 12.1 Å². The van der Waals surface area contributed by atoms with Crippen LogP contribution in [0.3, 0.4) is 0 Å². The number of aromatic nitrogens is 1. The SMILES string of the molecule is O=C(NC1CCOCC1)C1CCN(C2CCN(c3nc4ccccc4o3)CC2)CC1. The Hall–Kier alpha value is -2.12. The highest BCUT2D eigenvalue weighted by Gasteiger charge is 2.32. The Bertz CT molecular complexity index is 814. The highest BCUT2D eigenvalue weighted by Crippen LogP contribution is 2.28. The van der Waals surface area contributed by atoms with Gasteiger partial charge in [0.25, 0.3) is 6.01 Å². The lowest BCUT2D eigenvalue weighted by atomic mass is 9.92. The van der Waals surface area contributed by atoms with Crippen LogP contribution in [0.2, 0.25) is 0 Å². The Morgan fingerprint density at radius 3 is 2.43 bits per heavy atom. The number of piperidine rings is 2. The van der Waals surface area contributed by atoms with E-state index >= 15 is 0 Å². The summed E-state index contributed by atoms with van der Waals surface area (Å²) in [5.41, 5.74) is 1.78. The van der Waals surface area contributed by atoms with Crippen LogP contribution in [0, 0.1) is 5.92 Å². The zero-order valence-electron chi connectivity index (χ0n) is 17.6. The van der Waals surface area contributed by atoms with E-state index in [1.54, 1.807) is 0 Å². The van der Waals surface area contributed by atoms with Gasteiger partial charge in [-0.3, -0.25) is 4.79 Å². The van der Waals surface area contributed by atoms with Crippen molar-refractivity contribution in [1.82, 2.24) is 15.2 Å². The Labute approximate surface area is 177 Å². The van der Waals surface area contributed by atoms with Crippen molar-refractivity contribution in [1.29, 1.82) is 0 Å². The van der Waals surface area contributed by atoms with E-state index in [9.17, 15) is 4.79 Å². The maximum Gasteiger partial charge on any atom is 0.298 e. The smallest absolute Gasteiger partial charge is 0.298 e. The maximum atomic E-state index is 12.6. The number of carbonyl (C=O) groups excluding carboxylic acids is 1. The second kappa shape index (κ2) is 8.94. The number of anilines is 1. The minimum absolute atomic E-state index is 0.170. The number of hydrogen-bond donors (Lipinski definition) is 1. The molecule has 1 aromatic carbocycles. The van der Waals surface area contributed by atoms with Gasteiger partial charge in [0.2, 0.25) is 5.91 Å². The molecule has 7 nitrogen and oxygen atoms in total. The molecule has 1 amide bonds. The van der Waals surface area contributed by atoms with Crippen LogP contribution in [0.25, 0.3) is 11.1 Å². The van der Waals surface area contributed by atoms with E-state index in [0.717, 1.165) is 95.0 Å². The third-order valence-corrected chi connectivity index (χ3v) is 7.00. The molecule has 0 saturated carbocycles. The van der Waals surface area contributed by atoms with Crippen molar-refractivity contribution < 1.29 is 13.9 Å². The van der Waals surface area contributed by atoms with Crippen LogP contribution in [0.1, 0.15) is 38.5 Å². The minimum Gasteiger partial charge on any atom is -0.423 e. The number of carbonyl (C=O) groups is 1. The van der Waals surface area contributed by atoms with Gasteiger partial charge in [0.05, 0.1) is 0 Å². The van der Waals surface area contributed by atoms with E-state index in [0.29, 0.717) is 12.1 Å². The zero-order chi connectivity index (χ0) is 20.3. The summed E-state index contributed by atoms with van der Waals surface area (Å²) in [5.74, 6) is 0.427. The normalized spacial score (nSPS) is 23.1. The van der Waals surface area contributed by atoms with Crippen LogP contribution in [0.4, 0.5) is 6.01 Å². The molecule has 3 saturated heterocycles. The third kappa shape index (κ3) is 4.32. The quantitative estimate of drug-likeness (QED) is 0.833. The molecular weight excluding hydrogens is 380 g/mol. The first kappa shape index (κ1) is 19.8. The average Bonchev–Trinajstić information content (AvgIpc) is 3.24. The summed E-state index contributed by atoms with van der Waals surface area (Å²) in [5, 5.41) is 3.26. The number of nitrogens with one attached hydrogen (secondary N) is 1.